The molecule has 31 heavy (non-hydrogen) atoms. The molecule has 0 aromatic heterocycles. The minimum atomic E-state index is -0.598. The number of hydrogen-bond donors (Lipinski definition) is 0. The fraction of sp³-hybridized carbons (Fsp3) is 0.250. The highest BCUT2D eigenvalue weighted by Crippen LogP contribution is 2.58. The first kappa shape index (κ1) is 19.6. The van der Waals surface area contributed by atoms with Gasteiger partial charge in [-0.2, -0.15) is 0 Å². The van der Waals surface area contributed by atoms with Gasteiger partial charge in [-0.05, 0) is 74.2 Å². The molecule has 1 heterocycles. The second kappa shape index (κ2) is 6.84. The molecule has 1 aliphatic carbocycles. The van der Waals surface area contributed by atoms with Crippen LogP contribution < -0.4 is 9.64 Å². The molecule has 0 N–H and O–H groups in total. The van der Waals surface area contributed by atoms with Crippen molar-refractivity contribution in [3.8, 4) is 5.75 Å². The lowest BCUT2D eigenvalue weighted by atomic mass is 9.81. The zero-order chi connectivity index (χ0) is 21.9. The van der Waals surface area contributed by atoms with Crippen LogP contribution in [0.3, 0.4) is 0 Å². The van der Waals surface area contributed by atoms with E-state index in [4.69, 9.17) is 4.74 Å². The quantitative estimate of drug-likeness (QED) is 0.512. The second-order valence-electron chi connectivity index (χ2n) is 9.16. The molecule has 3 heteroatoms. The zero-order valence-corrected chi connectivity index (χ0v) is 18.7. The van der Waals surface area contributed by atoms with Crippen molar-refractivity contribution in [3.63, 3.8) is 0 Å². The van der Waals surface area contributed by atoms with Crippen molar-refractivity contribution in [1.82, 2.24) is 0 Å². The molecule has 3 aromatic rings. The summed E-state index contributed by atoms with van der Waals surface area (Å²) in [5.41, 5.74) is 8.68. The summed E-state index contributed by atoms with van der Waals surface area (Å²) in [7, 11) is 1.66. The van der Waals surface area contributed by atoms with Crippen LogP contribution in [0.5, 0.6) is 5.75 Å². The largest absolute Gasteiger partial charge is 0.497 e. The van der Waals surface area contributed by atoms with Gasteiger partial charge in [-0.25, -0.2) is 0 Å². The van der Waals surface area contributed by atoms with E-state index in [1.54, 1.807) is 7.11 Å². The fourth-order valence-corrected chi connectivity index (χ4v) is 5.06. The molecule has 0 saturated heterocycles. The van der Waals surface area contributed by atoms with Crippen molar-refractivity contribution in [3.05, 3.63) is 100 Å². The number of fused-ring (bicyclic) bond motifs is 2. The molecule has 156 valence electrons. The van der Waals surface area contributed by atoms with E-state index in [1.165, 1.54) is 27.8 Å². The predicted molar refractivity (Wildman–Crippen MR) is 125 cm³/mol. The Bertz CT molecular complexity index is 1220. The maximum Gasteiger partial charge on any atom is 0.241 e. The molecule has 0 bridgehead atoms. The number of benzene rings is 3. The Balaban J connectivity index is 1.76. The SMILES string of the molecule is COc1ccc(N2C(=O)C(C)(C)C3=C2C(c2ccc(C)cc2)c2cc(C)ccc23)cc1. The zero-order valence-electron chi connectivity index (χ0n) is 18.7. The van der Waals surface area contributed by atoms with E-state index < -0.39 is 5.41 Å². The third-order valence-electron chi connectivity index (χ3n) is 6.66. The van der Waals surface area contributed by atoms with Crippen molar-refractivity contribution in [2.24, 2.45) is 5.41 Å². The van der Waals surface area contributed by atoms with Crippen LogP contribution in [0.1, 0.15) is 47.6 Å². The predicted octanol–water partition coefficient (Wildman–Crippen LogP) is 6.24. The first-order valence-corrected chi connectivity index (χ1v) is 10.7. The maximum absolute atomic E-state index is 13.8. The van der Waals surface area contributed by atoms with E-state index in [1.807, 2.05) is 29.2 Å². The minimum absolute atomic E-state index is 0.0262. The van der Waals surface area contributed by atoms with Crippen molar-refractivity contribution in [2.75, 3.05) is 12.0 Å². The average molecular weight is 410 g/mol. The van der Waals surface area contributed by atoms with Gasteiger partial charge in [-0.3, -0.25) is 9.69 Å². The normalized spacial score (nSPS) is 18.9. The Labute approximate surface area is 184 Å². The van der Waals surface area contributed by atoms with Crippen molar-refractivity contribution in [1.29, 1.82) is 0 Å². The molecule has 0 saturated carbocycles. The first-order chi connectivity index (χ1) is 14.8. The summed E-state index contributed by atoms with van der Waals surface area (Å²) in [6, 6.07) is 23.1. The molecule has 0 radical (unpaired) electrons. The van der Waals surface area contributed by atoms with E-state index in [9.17, 15) is 4.79 Å². The number of amides is 1. The standard InChI is InChI=1S/C28H27NO2/c1-17-6-9-19(10-7-17)24-23-16-18(2)8-15-22(23)25-26(24)29(27(30)28(25,3)4)20-11-13-21(31-5)14-12-20/h6-16,24H,1-5H3. The van der Waals surface area contributed by atoms with E-state index in [2.05, 4.69) is 70.2 Å². The van der Waals surface area contributed by atoms with E-state index in [-0.39, 0.29) is 11.8 Å². The molecule has 0 fully saturated rings. The number of carbonyl (C=O) groups excluding carboxylic acids is 1. The number of anilines is 1. The monoisotopic (exact) mass is 409 g/mol. The first-order valence-electron chi connectivity index (χ1n) is 10.7. The molecule has 1 unspecified atom stereocenters. The summed E-state index contributed by atoms with van der Waals surface area (Å²) >= 11 is 0. The van der Waals surface area contributed by atoms with Crippen LogP contribution in [0.4, 0.5) is 5.69 Å². The van der Waals surface area contributed by atoms with Gasteiger partial charge in [0.15, 0.2) is 0 Å². The van der Waals surface area contributed by atoms with Crippen LogP contribution in [-0.4, -0.2) is 13.0 Å². The number of aryl methyl sites for hydroxylation is 2. The lowest BCUT2D eigenvalue weighted by molar-refractivity contribution is -0.122. The molecule has 0 spiro atoms. The number of rotatable bonds is 3. The minimum Gasteiger partial charge on any atom is -0.497 e. The van der Waals surface area contributed by atoms with Gasteiger partial charge in [0, 0.05) is 11.4 Å². The number of allylic oxidation sites excluding steroid dienone is 1. The molecule has 1 atom stereocenters. The molecule has 5 rings (SSSR count). The summed E-state index contributed by atoms with van der Waals surface area (Å²) in [4.78, 5) is 15.7. The van der Waals surface area contributed by atoms with Crippen LogP contribution in [-0.2, 0) is 4.79 Å². The molecule has 3 nitrogen and oxygen atoms in total. The topological polar surface area (TPSA) is 29.5 Å². The van der Waals surface area contributed by atoms with Gasteiger partial charge >= 0.3 is 0 Å². The Hall–Kier alpha value is -3.33. The smallest absolute Gasteiger partial charge is 0.241 e. The number of hydrogen-bond acceptors (Lipinski definition) is 2. The van der Waals surface area contributed by atoms with Gasteiger partial charge < -0.3 is 4.74 Å². The highest BCUT2D eigenvalue weighted by molar-refractivity contribution is 6.16. The highest BCUT2D eigenvalue weighted by Gasteiger charge is 2.53. The van der Waals surface area contributed by atoms with Crippen molar-refractivity contribution in [2.45, 2.75) is 33.6 Å². The third-order valence-corrected chi connectivity index (χ3v) is 6.66. The van der Waals surface area contributed by atoms with Crippen LogP contribution in [0.2, 0.25) is 0 Å². The summed E-state index contributed by atoms with van der Waals surface area (Å²) in [6.07, 6.45) is 0. The lowest BCUT2D eigenvalue weighted by Gasteiger charge is -2.29. The Morgan fingerprint density at radius 1 is 0.871 bits per heavy atom. The lowest BCUT2D eigenvalue weighted by Crippen LogP contribution is -2.35. The Morgan fingerprint density at radius 3 is 2.16 bits per heavy atom. The Morgan fingerprint density at radius 2 is 1.52 bits per heavy atom. The van der Waals surface area contributed by atoms with Crippen molar-refractivity contribution >= 4 is 17.2 Å². The summed E-state index contributed by atoms with van der Waals surface area (Å²) in [5.74, 6) is 0.925. The van der Waals surface area contributed by atoms with Crippen molar-refractivity contribution < 1.29 is 9.53 Å². The number of nitrogens with zero attached hydrogens (tertiary/aromatic N) is 1. The number of ether oxygens (including phenoxy) is 1. The third kappa shape index (κ3) is 2.83. The van der Waals surface area contributed by atoms with Gasteiger partial charge in [0.05, 0.1) is 18.4 Å². The average Bonchev–Trinajstić information content (AvgIpc) is 3.18. The van der Waals surface area contributed by atoms with Gasteiger partial charge in [0.1, 0.15) is 5.75 Å². The van der Waals surface area contributed by atoms with Gasteiger partial charge in [0.25, 0.3) is 0 Å². The molecule has 1 aliphatic heterocycles. The summed E-state index contributed by atoms with van der Waals surface area (Å²) in [6.45, 7) is 8.34. The van der Waals surface area contributed by atoms with E-state index in [0.717, 1.165) is 22.7 Å². The van der Waals surface area contributed by atoms with Crippen LogP contribution in [0.15, 0.2) is 72.4 Å². The molecule has 1 amide bonds. The van der Waals surface area contributed by atoms with Gasteiger partial charge in [-0.15, -0.1) is 0 Å². The molecular formula is C28H27NO2. The molecular weight excluding hydrogens is 382 g/mol. The van der Waals surface area contributed by atoms with E-state index in [0.29, 0.717) is 0 Å². The van der Waals surface area contributed by atoms with Crippen LogP contribution >= 0.6 is 0 Å². The fourth-order valence-electron chi connectivity index (χ4n) is 5.06. The molecule has 3 aromatic carbocycles. The summed E-state index contributed by atoms with van der Waals surface area (Å²) < 4.78 is 5.34. The Kier molecular flexibility index (Phi) is 4.33. The van der Waals surface area contributed by atoms with Gasteiger partial charge in [0.2, 0.25) is 5.91 Å². The summed E-state index contributed by atoms with van der Waals surface area (Å²) in [5, 5.41) is 0. The van der Waals surface area contributed by atoms with Crippen LogP contribution in [0.25, 0.3) is 5.57 Å². The number of carbonyl (C=O) groups is 1. The highest BCUT2D eigenvalue weighted by atomic mass is 16.5. The number of methoxy groups -OCH3 is 1. The van der Waals surface area contributed by atoms with Gasteiger partial charge in [-0.1, -0.05) is 53.6 Å². The van der Waals surface area contributed by atoms with Crippen LogP contribution in [0, 0.1) is 19.3 Å². The van der Waals surface area contributed by atoms with E-state index >= 15 is 0 Å². The molecule has 2 aliphatic rings. The second-order valence-corrected chi connectivity index (χ2v) is 9.16. The maximum atomic E-state index is 13.8.